The van der Waals surface area contributed by atoms with Gasteiger partial charge in [-0.05, 0) is 38.8 Å². The summed E-state index contributed by atoms with van der Waals surface area (Å²) in [4.78, 5) is 21.8. The smallest absolute Gasteiger partial charge is 0.252 e. The molecule has 0 aromatic carbocycles. The Kier molecular flexibility index (Phi) is 4.35. The van der Waals surface area contributed by atoms with Gasteiger partial charge in [-0.3, -0.25) is 4.79 Å². The van der Waals surface area contributed by atoms with Crippen LogP contribution in [0.2, 0.25) is 0 Å². The van der Waals surface area contributed by atoms with Crippen molar-refractivity contribution < 1.29 is 9.53 Å². The number of rotatable bonds is 3. The summed E-state index contributed by atoms with van der Waals surface area (Å²) >= 11 is 0. The van der Waals surface area contributed by atoms with Gasteiger partial charge in [0.1, 0.15) is 11.9 Å². The van der Waals surface area contributed by atoms with E-state index in [1.807, 2.05) is 17.3 Å². The normalized spacial score (nSPS) is 28.8. The van der Waals surface area contributed by atoms with E-state index in [1.165, 1.54) is 25.9 Å². The van der Waals surface area contributed by atoms with Crippen molar-refractivity contribution >= 4 is 5.91 Å². The average Bonchev–Trinajstić information content (AvgIpc) is 3.28. The second kappa shape index (κ2) is 6.61. The molecule has 6 nitrogen and oxygen atoms in total. The van der Waals surface area contributed by atoms with Gasteiger partial charge in [-0.25, -0.2) is 4.98 Å². The summed E-state index contributed by atoms with van der Waals surface area (Å²) in [6, 6.07) is 0. The predicted octanol–water partition coefficient (Wildman–Crippen LogP) is 1.12. The Morgan fingerprint density at radius 3 is 2.91 bits per heavy atom. The van der Waals surface area contributed by atoms with Gasteiger partial charge in [-0.2, -0.15) is 0 Å². The molecule has 2 fully saturated rings. The van der Waals surface area contributed by atoms with Crippen molar-refractivity contribution in [2.24, 2.45) is 5.92 Å². The molecular formula is C17H26N4O2. The van der Waals surface area contributed by atoms with Crippen LogP contribution in [0.1, 0.15) is 31.5 Å². The number of likely N-dealkylation sites (tertiary alicyclic amines) is 1. The number of hydrogen-bond donors (Lipinski definition) is 0. The molecule has 1 aromatic rings. The molecule has 0 aliphatic carbocycles. The monoisotopic (exact) mass is 318 g/mol. The van der Waals surface area contributed by atoms with Crippen LogP contribution in [0.15, 0.2) is 12.4 Å². The predicted molar refractivity (Wildman–Crippen MR) is 85.8 cm³/mol. The minimum Gasteiger partial charge on any atom is -0.368 e. The first-order valence-corrected chi connectivity index (χ1v) is 8.92. The fourth-order valence-corrected chi connectivity index (χ4v) is 4.13. The number of hydrogen-bond acceptors (Lipinski definition) is 4. The summed E-state index contributed by atoms with van der Waals surface area (Å²) in [5.41, 5.74) is 0. The molecule has 6 heteroatoms. The third-order valence-corrected chi connectivity index (χ3v) is 5.30. The van der Waals surface area contributed by atoms with Crippen molar-refractivity contribution in [1.29, 1.82) is 0 Å². The second-order valence-corrected chi connectivity index (χ2v) is 7.09. The zero-order valence-corrected chi connectivity index (χ0v) is 13.7. The SMILES string of the molecule is O=C([C@@H]1CCCO1)N1Cc2nccn2CC(CN2CCCC2)C1. The van der Waals surface area contributed by atoms with E-state index in [0.29, 0.717) is 12.5 Å². The van der Waals surface area contributed by atoms with Gasteiger partial charge in [0.05, 0.1) is 6.54 Å². The van der Waals surface area contributed by atoms with Gasteiger partial charge in [0.15, 0.2) is 0 Å². The number of fused-ring (bicyclic) bond motifs is 1. The van der Waals surface area contributed by atoms with E-state index in [-0.39, 0.29) is 12.0 Å². The van der Waals surface area contributed by atoms with Crippen LogP contribution in [0.3, 0.4) is 0 Å². The second-order valence-electron chi connectivity index (χ2n) is 7.09. The lowest BCUT2D eigenvalue weighted by Crippen LogP contribution is -2.42. The van der Waals surface area contributed by atoms with Crippen LogP contribution < -0.4 is 0 Å². The molecule has 1 aromatic heterocycles. The van der Waals surface area contributed by atoms with E-state index in [9.17, 15) is 4.79 Å². The zero-order valence-electron chi connectivity index (χ0n) is 13.7. The summed E-state index contributed by atoms with van der Waals surface area (Å²) in [5, 5.41) is 0. The number of amides is 1. The fraction of sp³-hybridized carbons (Fsp3) is 0.765. The molecule has 3 aliphatic rings. The maximum atomic E-state index is 12.8. The molecule has 4 heterocycles. The molecule has 23 heavy (non-hydrogen) atoms. The van der Waals surface area contributed by atoms with Gasteiger partial charge < -0.3 is 19.1 Å². The van der Waals surface area contributed by atoms with Crippen molar-refractivity contribution in [3.63, 3.8) is 0 Å². The summed E-state index contributed by atoms with van der Waals surface area (Å²) in [6.07, 6.45) is 8.14. The Balaban J connectivity index is 1.50. The molecular weight excluding hydrogens is 292 g/mol. The maximum absolute atomic E-state index is 12.8. The molecule has 1 amide bonds. The average molecular weight is 318 g/mol. The van der Waals surface area contributed by atoms with E-state index in [4.69, 9.17) is 4.74 Å². The Bertz CT molecular complexity index is 547. The Labute approximate surface area is 137 Å². The van der Waals surface area contributed by atoms with Crippen molar-refractivity contribution in [1.82, 2.24) is 19.4 Å². The van der Waals surface area contributed by atoms with Gasteiger partial charge in [-0.1, -0.05) is 0 Å². The molecule has 1 unspecified atom stereocenters. The minimum atomic E-state index is -0.232. The first-order valence-electron chi connectivity index (χ1n) is 8.92. The Morgan fingerprint density at radius 2 is 2.13 bits per heavy atom. The van der Waals surface area contributed by atoms with Crippen molar-refractivity contribution in [2.45, 2.75) is 44.9 Å². The number of ether oxygens (including phenoxy) is 1. The van der Waals surface area contributed by atoms with Gasteiger partial charge in [0.25, 0.3) is 5.91 Å². The largest absolute Gasteiger partial charge is 0.368 e. The summed E-state index contributed by atoms with van der Waals surface area (Å²) < 4.78 is 7.84. The van der Waals surface area contributed by atoms with Gasteiger partial charge in [-0.15, -0.1) is 0 Å². The molecule has 2 atom stereocenters. The lowest BCUT2D eigenvalue weighted by atomic mass is 10.1. The third kappa shape index (κ3) is 3.28. The summed E-state index contributed by atoms with van der Waals surface area (Å²) in [5.74, 6) is 1.62. The van der Waals surface area contributed by atoms with Crippen LogP contribution in [-0.4, -0.2) is 64.1 Å². The fourth-order valence-electron chi connectivity index (χ4n) is 4.13. The Hall–Kier alpha value is -1.40. The van der Waals surface area contributed by atoms with Crippen molar-refractivity contribution in [3.8, 4) is 0 Å². The van der Waals surface area contributed by atoms with Crippen LogP contribution in [0.4, 0.5) is 0 Å². The standard InChI is InChI=1S/C17H26N4O2/c22-17(15-4-3-9-23-15)21-12-14(10-19-6-1-2-7-19)11-20-8-5-18-16(20)13-21/h5,8,14-15H,1-4,6-7,9-13H2/t14?,15-/m0/s1. The number of aromatic nitrogens is 2. The number of imidazole rings is 1. The molecule has 4 rings (SSSR count). The van der Waals surface area contributed by atoms with Gasteiger partial charge >= 0.3 is 0 Å². The van der Waals surface area contributed by atoms with E-state index >= 15 is 0 Å². The first-order chi connectivity index (χ1) is 11.3. The number of nitrogens with zero attached hydrogens (tertiary/aromatic N) is 4. The molecule has 0 N–H and O–H groups in total. The highest BCUT2D eigenvalue weighted by molar-refractivity contribution is 5.81. The van der Waals surface area contributed by atoms with Gasteiger partial charge in [0, 0.05) is 44.6 Å². The summed E-state index contributed by atoms with van der Waals surface area (Å²) in [7, 11) is 0. The van der Waals surface area contributed by atoms with Crippen LogP contribution in [-0.2, 0) is 22.6 Å². The highest BCUT2D eigenvalue weighted by Crippen LogP contribution is 2.22. The third-order valence-electron chi connectivity index (χ3n) is 5.30. The van der Waals surface area contributed by atoms with Gasteiger partial charge in [0.2, 0.25) is 0 Å². The quantitative estimate of drug-likeness (QED) is 0.838. The molecule has 2 saturated heterocycles. The van der Waals surface area contributed by atoms with E-state index < -0.39 is 0 Å². The number of carbonyl (C=O) groups excluding carboxylic acids is 1. The molecule has 3 aliphatic heterocycles. The molecule has 126 valence electrons. The minimum absolute atomic E-state index is 0.158. The highest BCUT2D eigenvalue weighted by atomic mass is 16.5. The molecule has 0 bridgehead atoms. The van der Waals surface area contributed by atoms with E-state index in [2.05, 4.69) is 14.5 Å². The maximum Gasteiger partial charge on any atom is 0.252 e. The topological polar surface area (TPSA) is 50.6 Å². The van der Waals surface area contributed by atoms with Crippen molar-refractivity contribution in [2.75, 3.05) is 32.8 Å². The van der Waals surface area contributed by atoms with E-state index in [1.54, 1.807) is 0 Å². The van der Waals surface area contributed by atoms with Crippen molar-refractivity contribution in [3.05, 3.63) is 18.2 Å². The lowest BCUT2D eigenvalue weighted by molar-refractivity contribution is -0.142. The zero-order chi connectivity index (χ0) is 15.6. The first kappa shape index (κ1) is 15.1. The lowest BCUT2D eigenvalue weighted by Gasteiger charge is -2.28. The summed E-state index contributed by atoms with van der Waals surface area (Å²) in [6.45, 7) is 6.59. The van der Waals surface area contributed by atoms with Crippen LogP contribution in [0, 0.1) is 5.92 Å². The Morgan fingerprint density at radius 1 is 1.26 bits per heavy atom. The number of carbonyl (C=O) groups is 1. The van der Waals surface area contributed by atoms with Crippen LogP contribution in [0.25, 0.3) is 0 Å². The molecule has 0 saturated carbocycles. The van der Waals surface area contributed by atoms with Crippen LogP contribution >= 0.6 is 0 Å². The highest BCUT2D eigenvalue weighted by Gasteiger charge is 2.33. The van der Waals surface area contributed by atoms with E-state index in [0.717, 1.165) is 44.9 Å². The molecule has 0 radical (unpaired) electrons. The molecule has 0 spiro atoms. The van der Waals surface area contributed by atoms with Crippen LogP contribution in [0.5, 0.6) is 0 Å².